The molecule has 0 bridgehead atoms. The minimum absolute atomic E-state index is 0.768. The lowest BCUT2D eigenvalue weighted by Crippen LogP contribution is -2.32. The predicted octanol–water partition coefficient (Wildman–Crippen LogP) is 4.76. The number of hydrogen-bond acceptors (Lipinski definition) is 2. The normalized spacial score (nSPS) is 24.3. The molecule has 18 heavy (non-hydrogen) atoms. The van der Waals surface area contributed by atoms with Crippen LogP contribution in [0.3, 0.4) is 0 Å². The van der Waals surface area contributed by atoms with E-state index in [0.717, 1.165) is 18.5 Å². The third-order valence-corrected chi connectivity index (χ3v) is 5.28. The van der Waals surface area contributed by atoms with Crippen molar-refractivity contribution in [2.75, 3.05) is 0 Å². The van der Waals surface area contributed by atoms with Gasteiger partial charge < -0.3 is 5.32 Å². The average molecular weight is 265 g/mol. The van der Waals surface area contributed by atoms with Crippen molar-refractivity contribution >= 4 is 11.3 Å². The molecule has 1 aromatic heterocycles. The van der Waals surface area contributed by atoms with Crippen LogP contribution in [0.5, 0.6) is 0 Å². The molecule has 1 fully saturated rings. The van der Waals surface area contributed by atoms with Crippen molar-refractivity contribution in [1.29, 1.82) is 0 Å². The van der Waals surface area contributed by atoms with Gasteiger partial charge in [-0.3, -0.25) is 0 Å². The second-order valence-corrected chi connectivity index (χ2v) is 6.61. The average Bonchev–Trinajstić information content (AvgIpc) is 2.86. The van der Waals surface area contributed by atoms with Gasteiger partial charge in [0.25, 0.3) is 0 Å². The fraction of sp³-hybridized carbons (Fsp3) is 0.750. The van der Waals surface area contributed by atoms with E-state index in [0.29, 0.717) is 0 Å². The van der Waals surface area contributed by atoms with Crippen LogP contribution in [0.15, 0.2) is 11.4 Å². The highest BCUT2D eigenvalue weighted by molar-refractivity contribution is 7.10. The van der Waals surface area contributed by atoms with Crippen molar-refractivity contribution in [3.63, 3.8) is 0 Å². The zero-order valence-electron chi connectivity index (χ0n) is 11.9. The number of rotatable bonds is 6. The summed E-state index contributed by atoms with van der Waals surface area (Å²) in [7, 11) is 0. The first-order valence-electron chi connectivity index (χ1n) is 7.62. The van der Waals surface area contributed by atoms with Gasteiger partial charge in [-0.1, -0.05) is 26.7 Å². The Morgan fingerprint density at radius 2 is 2.00 bits per heavy atom. The van der Waals surface area contributed by atoms with Gasteiger partial charge in [0.05, 0.1) is 0 Å². The maximum atomic E-state index is 3.77. The molecule has 1 saturated carbocycles. The molecule has 2 rings (SSSR count). The quantitative estimate of drug-likeness (QED) is 0.782. The zero-order chi connectivity index (χ0) is 12.8. The molecule has 0 aromatic carbocycles. The Kier molecular flexibility index (Phi) is 5.71. The summed E-state index contributed by atoms with van der Waals surface area (Å²) < 4.78 is 0. The number of aryl methyl sites for hydroxylation is 1. The van der Waals surface area contributed by atoms with E-state index in [2.05, 4.69) is 30.6 Å². The molecule has 1 heterocycles. The molecule has 1 aromatic rings. The smallest absolute Gasteiger partial charge is 0.0305 e. The minimum Gasteiger partial charge on any atom is -0.309 e. The van der Waals surface area contributed by atoms with Crippen LogP contribution in [0.25, 0.3) is 0 Å². The van der Waals surface area contributed by atoms with E-state index < -0.39 is 0 Å². The summed E-state index contributed by atoms with van der Waals surface area (Å²) in [5.74, 6) is 1.01. The molecule has 0 unspecified atom stereocenters. The lowest BCUT2D eigenvalue weighted by molar-refractivity contribution is 0.278. The highest BCUT2D eigenvalue weighted by Crippen LogP contribution is 2.28. The van der Waals surface area contributed by atoms with Gasteiger partial charge in [0.1, 0.15) is 0 Å². The Balaban J connectivity index is 1.72. The predicted molar refractivity (Wildman–Crippen MR) is 81.2 cm³/mol. The molecule has 0 radical (unpaired) electrons. The molecule has 1 aliphatic rings. The molecular formula is C16H27NS. The first-order valence-corrected chi connectivity index (χ1v) is 8.50. The highest BCUT2D eigenvalue weighted by Gasteiger charge is 2.20. The van der Waals surface area contributed by atoms with Crippen molar-refractivity contribution in [3.8, 4) is 0 Å². The van der Waals surface area contributed by atoms with Crippen LogP contribution in [0.4, 0.5) is 0 Å². The van der Waals surface area contributed by atoms with E-state index in [4.69, 9.17) is 0 Å². The number of thiophene rings is 1. The van der Waals surface area contributed by atoms with Gasteiger partial charge in [0.2, 0.25) is 0 Å². The van der Waals surface area contributed by atoms with Gasteiger partial charge >= 0.3 is 0 Å². The molecule has 1 aliphatic carbocycles. The van der Waals surface area contributed by atoms with Crippen molar-refractivity contribution < 1.29 is 0 Å². The molecule has 0 atom stereocenters. The van der Waals surface area contributed by atoms with E-state index in [1.54, 1.807) is 4.88 Å². The van der Waals surface area contributed by atoms with Gasteiger partial charge in [-0.15, -0.1) is 11.3 Å². The SMILES string of the molecule is CCCC1CCC(NCc2sccc2CC)CC1. The van der Waals surface area contributed by atoms with Crippen molar-refractivity contribution in [2.45, 2.75) is 71.4 Å². The van der Waals surface area contributed by atoms with Crippen LogP contribution in [-0.4, -0.2) is 6.04 Å². The minimum atomic E-state index is 0.768. The van der Waals surface area contributed by atoms with E-state index >= 15 is 0 Å². The summed E-state index contributed by atoms with van der Waals surface area (Å²) in [4.78, 5) is 1.55. The Hall–Kier alpha value is -0.340. The Morgan fingerprint density at radius 3 is 2.67 bits per heavy atom. The third-order valence-electron chi connectivity index (χ3n) is 4.31. The van der Waals surface area contributed by atoms with Gasteiger partial charge in [0.15, 0.2) is 0 Å². The summed E-state index contributed by atoms with van der Waals surface area (Å²) in [6, 6.07) is 3.05. The second-order valence-electron chi connectivity index (χ2n) is 5.61. The molecule has 2 heteroatoms. The summed E-state index contributed by atoms with van der Waals surface area (Å²) >= 11 is 1.91. The van der Waals surface area contributed by atoms with Crippen molar-refractivity contribution in [2.24, 2.45) is 5.92 Å². The van der Waals surface area contributed by atoms with Crippen LogP contribution in [0, 0.1) is 5.92 Å². The van der Waals surface area contributed by atoms with E-state index in [1.807, 2.05) is 11.3 Å². The van der Waals surface area contributed by atoms with E-state index in [-0.39, 0.29) is 0 Å². The Morgan fingerprint density at radius 1 is 1.22 bits per heavy atom. The molecule has 1 nitrogen and oxygen atoms in total. The topological polar surface area (TPSA) is 12.0 Å². The van der Waals surface area contributed by atoms with Crippen LogP contribution in [-0.2, 0) is 13.0 Å². The van der Waals surface area contributed by atoms with Gasteiger partial charge in [-0.2, -0.15) is 0 Å². The maximum absolute atomic E-state index is 3.77. The summed E-state index contributed by atoms with van der Waals surface area (Å²) in [5.41, 5.74) is 1.53. The van der Waals surface area contributed by atoms with E-state index in [1.165, 1.54) is 50.5 Å². The van der Waals surface area contributed by atoms with Gasteiger partial charge in [-0.05, 0) is 55.0 Å². The standard InChI is InChI=1S/C16H27NS/c1-3-5-13-6-8-15(9-7-13)17-12-16-14(4-2)10-11-18-16/h10-11,13,15,17H,3-9,12H2,1-2H3. The largest absolute Gasteiger partial charge is 0.309 e. The first-order chi connectivity index (χ1) is 8.83. The van der Waals surface area contributed by atoms with Gasteiger partial charge in [0, 0.05) is 17.5 Å². The van der Waals surface area contributed by atoms with Crippen LogP contribution in [0.2, 0.25) is 0 Å². The molecule has 0 spiro atoms. The van der Waals surface area contributed by atoms with Crippen molar-refractivity contribution in [3.05, 3.63) is 21.9 Å². The molecule has 0 amide bonds. The molecular weight excluding hydrogens is 238 g/mol. The first kappa shape index (κ1) is 14.1. The summed E-state index contributed by atoms with van der Waals surface area (Å²) in [5, 5.41) is 6.00. The fourth-order valence-corrected chi connectivity index (χ4v) is 4.06. The number of nitrogens with one attached hydrogen (secondary N) is 1. The molecule has 102 valence electrons. The molecule has 0 aliphatic heterocycles. The lowest BCUT2D eigenvalue weighted by Gasteiger charge is -2.29. The summed E-state index contributed by atoms with van der Waals surface area (Å²) in [6.07, 6.45) is 9.63. The summed E-state index contributed by atoms with van der Waals surface area (Å²) in [6.45, 7) is 5.65. The van der Waals surface area contributed by atoms with E-state index in [9.17, 15) is 0 Å². The Bertz CT molecular complexity index is 337. The monoisotopic (exact) mass is 265 g/mol. The van der Waals surface area contributed by atoms with Crippen LogP contribution >= 0.6 is 11.3 Å². The van der Waals surface area contributed by atoms with Crippen LogP contribution < -0.4 is 5.32 Å². The lowest BCUT2D eigenvalue weighted by atomic mass is 9.83. The zero-order valence-corrected chi connectivity index (χ0v) is 12.7. The van der Waals surface area contributed by atoms with Gasteiger partial charge in [-0.25, -0.2) is 0 Å². The van der Waals surface area contributed by atoms with Crippen molar-refractivity contribution in [1.82, 2.24) is 5.32 Å². The highest BCUT2D eigenvalue weighted by atomic mass is 32.1. The number of hydrogen-bond donors (Lipinski definition) is 1. The fourth-order valence-electron chi connectivity index (χ4n) is 3.14. The third kappa shape index (κ3) is 3.83. The molecule has 1 N–H and O–H groups in total. The second kappa shape index (κ2) is 7.30. The Labute approximate surface area is 116 Å². The molecule has 0 saturated heterocycles. The van der Waals surface area contributed by atoms with Crippen LogP contribution in [0.1, 0.15) is 62.8 Å². The maximum Gasteiger partial charge on any atom is 0.0305 e.